The van der Waals surface area contributed by atoms with Gasteiger partial charge in [-0.25, -0.2) is 9.79 Å². The molecule has 2 aromatic carbocycles. The average molecular weight is 793 g/mol. The SMILES string of the molecule is COCCOCCOCCOc1ccc(/C=C/C2=NC(=C(/C(=O)O)c3c(C)cc(/C=C/c4ccc(OCCOCCOCCOC)cc4)n3B(F)F)/C(C)=C2)cc1. The zero-order valence-electron chi connectivity index (χ0n) is 32.9. The normalized spacial score (nSPS) is 13.7. The Labute approximate surface area is 333 Å². The number of aliphatic imine (C=N–C) groups is 1. The van der Waals surface area contributed by atoms with Gasteiger partial charge in [0, 0.05) is 19.9 Å². The second-order valence-corrected chi connectivity index (χ2v) is 12.6. The van der Waals surface area contributed by atoms with Gasteiger partial charge in [-0.15, -0.1) is 0 Å². The molecule has 0 aliphatic carbocycles. The van der Waals surface area contributed by atoms with Crippen molar-refractivity contribution in [1.29, 1.82) is 0 Å². The van der Waals surface area contributed by atoms with Crippen LogP contribution in [0.4, 0.5) is 8.63 Å². The third kappa shape index (κ3) is 14.8. The number of aliphatic carboxylic acids is 1. The van der Waals surface area contributed by atoms with Crippen molar-refractivity contribution in [1.82, 2.24) is 4.48 Å². The zero-order valence-corrected chi connectivity index (χ0v) is 32.9. The van der Waals surface area contributed by atoms with Gasteiger partial charge in [0.2, 0.25) is 0 Å². The summed E-state index contributed by atoms with van der Waals surface area (Å²) in [5.41, 5.74) is 2.84. The summed E-state index contributed by atoms with van der Waals surface area (Å²) >= 11 is 0. The minimum Gasteiger partial charge on any atom is -0.491 e. The number of carboxylic acids is 1. The largest absolute Gasteiger partial charge is 0.678 e. The molecule has 0 amide bonds. The molecular formula is C42H51BF2N2O10. The number of halogens is 2. The number of hydrogen-bond donors (Lipinski definition) is 1. The molecule has 4 rings (SSSR count). The summed E-state index contributed by atoms with van der Waals surface area (Å²) in [7, 11) is 0.220. The molecule has 3 aromatic rings. The monoisotopic (exact) mass is 792 g/mol. The number of nitrogens with zero attached hydrogens (tertiary/aromatic N) is 2. The highest BCUT2D eigenvalue weighted by Gasteiger charge is 2.32. The van der Waals surface area contributed by atoms with Crippen LogP contribution in [0.2, 0.25) is 0 Å². The van der Waals surface area contributed by atoms with Gasteiger partial charge in [-0.2, -0.15) is 0 Å². The summed E-state index contributed by atoms with van der Waals surface area (Å²) in [5.74, 6) is -0.0507. The number of benzene rings is 2. The van der Waals surface area contributed by atoms with E-state index in [1.54, 1.807) is 76.6 Å². The molecule has 0 radical (unpaired) electrons. The van der Waals surface area contributed by atoms with Crippen LogP contribution in [-0.2, 0) is 33.2 Å². The number of methoxy groups -OCH3 is 2. The highest BCUT2D eigenvalue weighted by molar-refractivity contribution is 6.42. The Morgan fingerprint density at radius 2 is 1.14 bits per heavy atom. The highest BCUT2D eigenvalue weighted by atomic mass is 19.2. The summed E-state index contributed by atoms with van der Waals surface area (Å²) in [5, 5.41) is 10.4. The quantitative estimate of drug-likeness (QED) is 0.0502. The van der Waals surface area contributed by atoms with Crippen LogP contribution in [0.5, 0.6) is 11.5 Å². The fourth-order valence-corrected chi connectivity index (χ4v) is 5.61. The van der Waals surface area contributed by atoms with Crippen molar-refractivity contribution in [2.24, 2.45) is 4.99 Å². The molecule has 0 saturated carbocycles. The van der Waals surface area contributed by atoms with E-state index in [1.807, 2.05) is 30.3 Å². The molecule has 0 bridgehead atoms. The molecule has 0 fully saturated rings. The van der Waals surface area contributed by atoms with Crippen molar-refractivity contribution >= 4 is 42.9 Å². The van der Waals surface area contributed by atoms with Gasteiger partial charge in [-0.05, 0) is 84.7 Å². The average Bonchev–Trinajstić information content (AvgIpc) is 3.73. The summed E-state index contributed by atoms with van der Waals surface area (Å²) in [6, 6.07) is 16.1. The number of allylic oxidation sites excluding steroid dienone is 3. The standard InChI is InChI=1S/C42H51BF2N2O10/c1-31-29-35(11-5-33-7-13-37(14-8-33)56-27-25-54-23-21-52-19-17-50-3)46-40(31)39(42(48)49)41-32(2)30-36(47(41)43(44)45)12-6-34-9-15-38(16-10-34)57-28-26-55-24-22-53-20-18-51-4/h5-16,29-30H,17-28H2,1-4H3,(H,48,49)/b11-5+,12-6+,40-39+. The van der Waals surface area contributed by atoms with Crippen LogP contribution >= 0.6 is 0 Å². The van der Waals surface area contributed by atoms with Gasteiger partial charge < -0.3 is 47.5 Å². The minimum atomic E-state index is -3.02. The van der Waals surface area contributed by atoms with Crippen LogP contribution < -0.4 is 9.47 Å². The maximum absolute atomic E-state index is 14.7. The molecule has 57 heavy (non-hydrogen) atoms. The Morgan fingerprint density at radius 1 is 0.684 bits per heavy atom. The summed E-state index contributed by atoms with van der Waals surface area (Å²) in [6.45, 7) is 8.87. The minimum absolute atomic E-state index is 0.113. The summed E-state index contributed by atoms with van der Waals surface area (Å²) in [4.78, 5) is 17.3. The number of hydrogen-bond acceptors (Lipinski definition) is 10. The molecule has 0 spiro atoms. The lowest BCUT2D eigenvalue weighted by Gasteiger charge is -2.13. The summed E-state index contributed by atoms with van der Waals surface area (Å²) < 4.78 is 73.2. The molecule has 12 nitrogen and oxygen atoms in total. The van der Waals surface area contributed by atoms with Crippen molar-refractivity contribution < 1.29 is 56.4 Å². The Bertz CT molecular complexity index is 1850. The van der Waals surface area contributed by atoms with Crippen molar-refractivity contribution in [2.45, 2.75) is 13.8 Å². The molecule has 0 saturated heterocycles. The fraction of sp³-hybridized carbons (Fsp3) is 0.381. The van der Waals surface area contributed by atoms with Crippen LogP contribution in [0.1, 0.15) is 35.0 Å². The summed E-state index contributed by atoms with van der Waals surface area (Å²) in [6.07, 6.45) is 8.51. The van der Waals surface area contributed by atoms with E-state index in [2.05, 4.69) is 4.99 Å². The molecule has 1 N–H and O–H groups in total. The van der Waals surface area contributed by atoms with E-state index in [0.29, 0.717) is 108 Å². The number of carbonyl (C=O) groups is 1. The molecule has 1 aliphatic rings. The Kier molecular flexibility index (Phi) is 19.4. The molecule has 15 heteroatoms. The second kappa shape index (κ2) is 24.7. The van der Waals surface area contributed by atoms with Crippen LogP contribution in [0.25, 0.3) is 23.8 Å². The van der Waals surface area contributed by atoms with Gasteiger partial charge in [0.1, 0.15) is 30.3 Å². The van der Waals surface area contributed by atoms with Gasteiger partial charge in [0.05, 0.1) is 83.2 Å². The predicted molar refractivity (Wildman–Crippen MR) is 217 cm³/mol. The third-order valence-corrected chi connectivity index (χ3v) is 8.37. The predicted octanol–water partition coefficient (Wildman–Crippen LogP) is 6.77. The third-order valence-electron chi connectivity index (χ3n) is 8.37. The van der Waals surface area contributed by atoms with E-state index in [9.17, 15) is 18.5 Å². The molecule has 1 aliphatic heterocycles. The molecule has 0 unspecified atom stereocenters. The first-order valence-corrected chi connectivity index (χ1v) is 18.6. The van der Waals surface area contributed by atoms with Crippen LogP contribution in [0.15, 0.2) is 83.0 Å². The van der Waals surface area contributed by atoms with Gasteiger partial charge in [0.15, 0.2) is 0 Å². The number of rotatable bonds is 27. The Hall–Kier alpha value is -4.90. The van der Waals surface area contributed by atoms with Crippen molar-refractivity contribution in [3.05, 3.63) is 106 Å². The lowest BCUT2D eigenvalue weighted by Crippen LogP contribution is -2.20. The molecule has 306 valence electrons. The van der Waals surface area contributed by atoms with Crippen molar-refractivity contribution in [3.8, 4) is 11.5 Å². The van der Waals surface area contributed by atoms with E-state index < -0.39 is 13.4 Å². The van der Waals surface area contributed by atoms with Gasteiger partial charge >= 0.3 is 13.4 Å². The first-order valence-electron chi connectivity index (χ1n) is 18.6. The van der Waals surface area contributed by atoms with Crippen molar-refractivity contribution in [3.63, 3.8) is 0 Å². The van der Waals surface area contributed by atoms with Crippen molar-refractivity contribution in [2.75, 3.05) is 93.5 Å². The van der Waals surface area contributed by atoms with E-state index >= 15 is 0 Å². The maximum atomic E-state index is 14.7. The number of aryl methyl sites for hydroxylation is 1. The van der Waals surface area contributed by atoms with Gasteiger partial charge in [-0.3, -0.25) is 8.63 Å². The molecular weight excluding hydrogens is 741 g/mol. The molecule has 2 heterocycles. The van der Waals surface area contributed by atoms with Gasteiger partial charge in [-0.1, -0.05) is 36.4 Å². The van der Waals surface area contributed by atoms with E-state index in [4.69, 9.17) is 37.9 Å². The Morgan fingerprint density at radius 3 is 1.60 bits per heavy atom. The second-order valence-electron chi connectivity index (χ2n) is 12.6. The molecule has 1 aromatic heterocycles. The smallest absolute Gasteiger partial charge is 0.491 e. The lowest BCUT2D eigenvalue weighted by atomic mass is 10.0. The van der Waals surface area contributed by atoms with Crippen LogP contribution in [0.3, 0.4) is 0 Å². The first kappa shape index (κ1) is 44.8. The van der Waals surface area contributed by atoms with E-state index in [-0.39, 0.29) is 22.7 Å². The maximum Gasteiger partial charge on any atom is 0.678 e. The Balaban J connectivity index is 1.38. The number of aromatic nitrogens is 1. The first-order chi connectivity index (χ1) is 27.7. The number of ether oxygens (including phenoxy) is 8. The van der Waals surface area contributed by atoms with Gasteiger partial charge in [0.25, 0.3) is 0 Å². The fourth-order valence-electron chi connectivity index (χ4n) is 5.61. The van der Waals surface area contributed by atoms with Crippen LogP contribution in [0, 0.1) is 6.92 Å². The molecule has 0 atom stereocenters. The topological polar surface area (TPSA) is 128 Å². The number of carboxylic acid groups (broad SMARTS) is 1. The highest BCUT2D eigenvalue weighted by Crippen LogP contribution is 2.34. The zero-order chi connectivity index (χ0) is 40.8. The van der Waals surface area contributed by atoms with E-state index in [0.717, 1.165) is 15.6 Å². The van der Waals surface area contributed by atoms with Crippen LogP contribution in [-0.4, -0.2) is 122 Å². The lowest BCUT2D eigenvalue weighted by molar-refractivity contribution is -0.130. The van der Waals surface area contributed by atoms with E-state index in [1.165, 1.54) is 6.08 Å².